The Hall–Kier alpha value is 0.583. The van der Waals surface area contributed by atoms with Gasteiger partial charge in [-0.2, -0.15) is 6.08 Å². The molecule has 11 heavy (non-hydrogen) atoms. The molecule has 0 aromatic heterocycles. The zero-order valence-corrected chi connectivity index (χ0v) is 10.8. The molecule has 0 spiro atoms. The molecule has 1 aliphatic carbocycles. The van der Waals surface area contributed by atoms with Crippen molar-refractivity contribution in [3.63, 3.8) is 0 Å². The summed E-state index contributed by atoms with van der Waals surface area (Å²) in [5.74, 6) is 0. The summed E-state index contributed by atoms with van der Waals surface area (Å²) in [6.45, 7) is 5.49. The van der Waals surface area contributed by atoms with Gasteiger partial charge in [-0.25, -0.2) is 11.6 Å². The van der Waals surface area contributed by atoms with Gasteiger partial charge in [-0.1, -0.05) is 28.9 Å². The van der Waals surface area contributed by atoms with Crippen LogP contribution in [0.4, 0.5) is 0 Å². The maximum absolute atomic E-state index is 3.43. The minimum atomic E-state index is 0. The molecule has 0 nitrogen and oxygen atoms in total. The minimum Gasteiger partial charge on any atom is -0.270 e. The Bertz CT molecular complexity index is 145. The van der Waals surface area contributed by atoms with Crippen LogP contribution >= 0.6 is 15.9 Å². The molecule has 2 heteroatoms. The standard InChI is InChI=1S/C6H7.C3H5Br.Zr/c1-6-4-2-3-5-6;1-2-3-4;/h2,4H,3H2,1H3;2H,1,3H2;/q-1;;. The first kappa shape index (κ1) is 14.1. The Balaban J connectivity index is 0. The molecule has 0 heterocycles. The zero-order valence-electron chi connectivity index (χ0n) is 6.73. The van der Waals surface area contributed by atoms with E-state index in [0.717, 1.165) is 11.8 Å². The molecule has 60 valence electrons. The maximum Gasteiger partial charge on any atom is 0.0209 e. The van der Waals surface area contributed by atoms with Gasteiger partial charge in [0.15, 0.2) is 0 Å². The third-order valence-electron chi connectivity index (χ3n) is 0.976. The topological polar surface area (TPSA) is 0 Å². The van der Waals surface area contributed by atoms with E-state index in [1.165, 1.54) is 5.57 Å². The summed E-state index contributed by atoms with van der Waals surface area (Å²) in [7, 11) is 0. The molecule has 0 N–H and O–H groups in total. The molecule has 0 bridgehead atoms. The summed E-state index contributed by atoms with van der Waals surface area (Å²) < 4.78 is 0. The molecule has 0 saturated carbocycles. The Kier molecular flexibility index (Phi) is 13.6. The molecular formula is C9H12BrZr-. The molecule has 0 aromatic rings. The summed E-state index contributed by atoms with van der Waals surface area (Å²) >= 11 is 3.13. The van der Waals surface area contributed by atoms with Crippen LogP contribution in [0.15, 0.2) is 30.4 Å². The van der Waals surface area contributed by atoms with Gasteiger partial charge >= 0.3 is 0 Å². The van der Waals surface area contributed by atoms with E-state index in [1.807, 2.05) is 0 Å². The Morgan fingerprint density at radius 1 is 1.82 bits per heavy atom. The van der Waals surface area contributed by atoms with E-state index in [9.17, 15) is 0 Å². The molecule has 0 aliphatic heterocycles. The summed E-state index contributed by atoms with van der Waals surface area (Å²) in [5, 5.41) is 0.896. The van der Waals surface area contributed by atoms with Gasteiger partial charge in [0.2, 0.25) is 0 Å². The van der Waals surface area contributed by atoms with Gasteiger partial charge in [0.05, 0.1) is 0 Å². The van der Waals surface area contributed by atoms with Gasteiger partial charge < -0.3 is 0 Å². The third-order valence-corrected chi connectivity index (χ3v) is 1.43. The second kappa shape index (κ2) is 10.6. The molecule has 0 atom stereocenters. The number of hydrogen-bond acceptors (Lipinski definition) is 0. The average molecular weight is 291 g/mol. The molecule has 0 unspecified atom stereocenters. The molecule has 1 aliphatic rings. The van der Waals surface area contributed by atoms with E-state index in [2.05, 4.69) is 47.7 Å². The number of rotatable bonds is 1. The molecule has 0 saturated heterocycles. The summed E-state index contributed by atoms with van der Waals surface area (Å²) in [4.78, 5) is 0. The van der Waals surface area contributed by atoms with Crippen LogP contribution < -0.4 is 0 Å². The quantitative estimate of drug-likeness (QED) is 0.395. The van der Waals surface area contributed by atoms with Crippen molar-refractivity contribution in [2.45, 2.75) is 13.3 Å². The largest absolute Gasteiger partial charge is 0.270 e. The fourth-order valence-corrected chi connectivity index (χ4v) is 0.515. The SMILES string of the molecule is C=CCBr.CC1=[C-]CC=C1.[Zr]. The predicted molar refractivity (Wildman–Crippen MR) is 50.2 cm³/mol. The molecular weight excluding hydrogens is 279 g/mol. The summed E-state index contributed by atoms with van der Waals surface area (Å²) in [6.07, 6.45) is 10.1. The van der Waals surface area contributed by atoms with Gasteiger partial charge in [0.25, 0.3) is 0 Å². The van der Waals surface area contributed by atoms with E-state index in [4.69, 9.17) is 0 Å². The maximum atomic E-state index is 3.43. The van der Waals surface area contributed by atoms with Crippen molar-refractivity contribution in [3.8, 4) is 0 Å². The van der Waals surface area contributed by atoms with Gasteiger partial charge in [0, 0.05) is 31.5 Å². The van der Waals surface area contributed by atoms with E-state index in [-0.39, 0.29) is 26.2 Å². The van der Waals surface area contributed by atoms with Crippen molar-refractivity contribution >= 4 is 15.9 Å². The smallest absolute Gasteiger partial charge is 0.0209 e. The van der Waals surface area contributed by atoms with E-state index in [1.54, 1.807) is 6.08 Å². The predicted octanol–water partition coefficient (Wildman–Crippen LogP) is 3.26. The van der Waals surface area contributed by atoms with Crippen molar-refractivity contribution in [1.29, 1.82) is 0 Å². The second-order valence-electron chi connectivity index (χ2n) is 1.91. The van der Waals surface area contributed by atoms with Gasteiger partial charge in [0.1, 0.15) is 0 Å². The van der Waals surface area contributed by atoms with E-state index >= 15 is 0 Å². The minimum absolute atomic E-state index is 0. The molecule has 1 rings (SSSR count). The number of allylic oxidation sites excluding steroid dienone is 5. The van der Waals surface area contributed by atoms with Crippen molar-refractivity contribution in [2.24, 2.45) is 0 Å². The van der Waals surface area contributed by atoms with Crippen LogP contribution in [-0.4, -0.2) is 5.33 Å². The van der Waals surface area contributed by atoms with Gasteiger partial charge in [-0.3, -0.25) is 6.08 Å². The fourth-order valence-electron chi connectivity index (χ4n) is 0.515. The normalized spacial score (nSPS) is 12.4. The van der Waals surface area contributed by atoms with Crippen molar-refractivity contribution < 1.29 is 26.2 Å². The molecule has 0 fully saturated rings. The van der Waals surface area contributed by atoms with Crippen LogP contribution in [0.2, 0.25) is 0 Å². The third kappa shape index (κ3) is 10.6. The van der Waals surface area contributed by atoms with Crippen LogP contribution in [0, 0.1) is 6.08 Å². The first-order valence-corrected chi connectivity index (χ1v) is 4.34. The number of halogens is 1. The van der Waals surface area contributed by atoms with E-state index in [0.29, 0.717) is 0 Å². The molecule has 0 amide bonds. The molecule has 0 aromatic carbocycles. The summed E-state index contributed by atoms with van der Waals surface area (Å²) in [6, 6.07) is 0. The van der Waals surface area contributed by atoms with Crippen LogP contribution in [0.5, 0.6) is 0 Å². The number of hydrogen-bond donors (Lipinski definition) is 0. The van der Waals surface area contributed by atoms with Crippen LogP contribution in [-0.2, 0) is 26.2 Å². The van der Waals surface area contributed by atoms with Crippen LogP contribution in [0.25, 0.3) is 0 Å². The van der Waals surface area contributed by atoms with E-state index < -0.39 is 0 Å². The van der Waals surface area contributed by atoms with Crippen LogP contribution in [0.3, 0.4) is 0 Å². The fraction of sp³-hybridized carbons (Fsp3) is 0.333. The Labute approximate surface area is 96.7 Å². The Morgan fingerprint density at radius 3 is 2.45 bits per heavy atom. The first-order valence-electron chi connectivity index (χ1n) is 3.22. The van der Waals surface area contributed by atoms with Crippen molar-refractivity contribution in [2.75, 3.05) is 5.33 Å². The first-order chi connectivity index (χ1) is 4.81. The average Bonchev–Trinajstić information content (AvgIpc) is 2.40. The van der Waals surface area contributed by atoms with Crippen LogP contribution in [0.1, 0.15) is 13.3 Å². The number of alkyl halides is 1. The summed E-state index contributed by atoms with van der Waals surface area (Å²) in [5.41, 5.74) is 1.27. The van der Waals surface area contributed by atoms with Crippen molar-refractivity contribution in [3.05, 3.63) is 36.5 Å². The van der Waals surface area contributed by atoms with Gasteiger partial charge in [-0.05, 0) is 0 Å². The zero-order chi connectivity index (χ0) is 7.82. The monoisotopic (exact) mass is 289 g/mol. The second-order valence-corrected chi connectivity index (χ2v) is 2.56. The van der Waals surface area contributed by atoms with Gasteiger partial charge in [-0.15, -0.1) is 13.0 Å². The van der Waals surface area contributed by atoms with Crippen molar-refractivity contribution in [1.82, 2.24) is 0 Å². The molecule has 0 radical (unpaired) electrons. The Morgan fingerprint density at radius 2 is 2.36 bits per heavy atom.